The second-order valence-corrected chi connectivity index (χ2v) is 7.03. The van der Waals surface area contributed by atoms with E-state index in [1.165, 1.54) is 30.0 Å². The van der Waals surface area contributed by atoms with Crippen LogP contribution in [-0.4, -0.2) is 31.3 Å². The van der Waals surface area contributed by atoms with Crippen LogP contribution in [0.5, 0.6) is 0 Å². The summed E-state index contributed by atoms with van der Waals surface area (Å²) < 4.78 is 1.93. The highest BCUT2D eigenvalue weighted by Crippen LogP contribution is 2.28. The molecule has 2 aromatic carbocycles. The van der Waals surface area contributed by atoms with Gasteiger partial charge in [0.05, 0.1) is 10.7 Å². The van der Waals surface area contributed by atoms with E-state index < -0.39 is 4.92 Å². The molecule has 10 heteroatoms. The molecule has 1 heterocycles. The Morgan fingerprint density at radius 3 is 2.68 bits per heavy atom. The van der Waals surface area contributed by atoms with Crippen molar-refractivity contribution in [2.75, 3.05) is 11.1 Å². The number of nitro groups is 1. The molecule has 0 aliphatic rings. The van der Waals surface area contributed by atoms with Crippen LogP contribution in [0.4, 0.5) is 11.4 Å². The van der Waals surface area contributed by atoms with Crippen LogP contribution in [0.2, 0.25) is 5.02 Å². The van der Waals surface area contributed by atoms with Gasteiger partial charge >= 0.3 is 0 Å². The Morgan fingerprint density at radius 2 is 2.00 bits per heavy atom. The highest BCUT2D eigenvalue weighted by Gasteiger charge is 2.16. The molecule has 0 unspecified atom stereocenters. The summed E-state index contributed by atoms with van der Waals surface area (Å²) in [6, 6.07) is 13.8. The Kier molecular flexibility index (Phi) is 6.27. The summed E-state index contributed by atoms with van der Waals surface area (Å²) >= 11 is 7.02. The normalized spacial score (nSPS) is 10.6. The lowest BCUT2D eigenvalue weighted by Gasteiger charge is -2.08. The Hall–Kier alpha value is -2.91. The molecule has 1 N–H and O–H groups in total. The number of aromatic nitrogens is 3. The average molecular weight is 418 g/mol. The number of amides is 1. The summed E-state index contributed by atoms with van der Waals surface area (Å²) in [7, 11) is 0. The van der Waals surface area contributed by atoms with Crippen molar-refractivity contribution in [3.63, 3.8) is 0 Å². The summed E-state index contributed by atoms with van der Waals surface area (Å²) in [5.74, 6) is 0.511. The first-order chi connectivity index (χ1) is 13.5. The van der Waals surface area contributed by atoms with E-state index in [0.717, 1.165) is 11.4 Å². The first-order valence-corrected chi connectivity index (χ1v) is 9.71. The molecular formula is C18H16ClN5O3S. The molecule has 8 nitrogen and oxygen atoms in total. The van der Waals surface area contributed by atoms with Gasteiger partial charge in [0.25, 0.3) is 5.69 Å². The largest absolute Gasteiger partial charge is 0.325 e. The number of thioether (sulfide) groups is 1. The van der Waals surface area contributed by atoms with Gasteiger partial charge in [-0.1, -0.05) is 53.7 Å². The number of hydrogen-bond acceptors (Lipinski definition) is 6. The van der Waals surface area contributed by atoms with Crippen LogP contribution in [0.1, 0.15) is 6.92 Å². The van der Waals surface area contributed by atoms with E-state index in [-0.39, 0.29) is 22.4 Å². The topological polar surface area (TPSA) is 103 Å². The van der Waals surface area contributed by atoms with Crippen molar-refractivity contribution in [1.29, 1.82) is 0 Å². The Balaban J connectivity index is 1.68. The van der Waals surface area contributed by atoms with Gasteiger partial charge in [-0.05, 0) is 19.1 Å². The van der Waals surface area contributed by atoms with Crippen LogP contribution in [0.25, 0.3) is 11.4 Å². The van der Waals surface area contributed by atoms with Gasteiger partial charge in [0.1, 0.15) is 5.02 Å². The predicted molar refractivity (Wildman–Crippen MR) is 109 cm³/mol. The summed E-state index contributed by atoms with van der Waals surface area (Å²) in [6.07, 6.45) is 0. The van der Waals surface area contributed by atoms with E-state index >= 15 is 0 Å². The SMILES string of the molecule is CCn1c(SCC(=O)Nc2ccc(Cl)c([N+](=O)[O-])c2)nnc1-c1ccccc1. The second kappa shape index (κ2) is 8.85. The van der Waals surface area contributed by atoms with Gasteiger partial charge in [0, 0.05) is 23.9 Å². The average Bonchev–Trinajstić information content (AvgIpc) is 3.11. The molecule has 1 amide bonds. The smallest absolute Gasteiger partial charge is 0.289 e. The van der Waals surface area contributed by atoms with E-state index in [4.69, 9.17) is 11.6 Å². The van der Waals surface area contributed by atoms with Gasteiger partial charge < -0.3 is 9.88 Å². The third-order valence-corrected chi connectivity index (χ3v) is 5.11. The number of nitrogens with one attached hydrogen (secondary N) is 1. The van der Waals surface area contributed by atoms with Crippen molar-refractivity contribution in [2.45, 2.75) is 18.6 Å². The molecule has 144 valence electrons. The minimum Gasteiger partial charge on any atom is -0.325 e. The number of rotatable bonds is 7. The lowest BCUT2D eigenvalue weighted by Crippen LogP contribution is -2.14. The number of hydrogen-bond donors (Lipinski definition) is 1. The van der Waals surface area contributed by atoms with Gasteiger partial charge in [-0.25, -0.2) is 0 Å². The number of carbonyl (C=O) groups excluding carboxylic acids is 1. The van der Waals surface area contributed by atoms with Crippen LogP contribution in [0, 0.1) is 10.1 Å². The molecular weight excluding hydrogens is 402 g/mol. The molecule has 3 rings (SSSR count). The lowest BCUT2D eigenvalue weighted by atomic mass is 10.2. The predicted octanol–water partition coefficient (Wildman–Crippen LogP) is 4.26. The van der Waals surface area contributed by atoms with Gasteiger partial charge in [-0.2, -0.15) is 0 Å². The Bertz CT molecular complexity index is 1010. The van der Waals surface area contributed by atoms with E-state index in [2.05, 4.69) is 15.5 Å². The van der Waals surface area contributed by atoms with E-state index in [0.29, 0.717) is 17.4 Å². The fourth-order valence-electron chi connectivity index (χ4n) is 2.54. The van der Waals surface area contributed by atoms with Gasteiger partial charge in [0.15, 0.2) is 11.0 Å². The zero-order chi connectivity index (χ0) is 20.1. The number of anilines is 1. The molecule has 0 radical (unpaired) electrons. The van der Waals surface area contributed by atoms with Crippen LogP contribution in [0.3, 0.4) is 0 Å². The molecule has 3 aromatic rings. The van der Waals surface area contributed by atoms with Gasteiger partial charge in [0.2, 0.25) is 5.91 Å². The van der Waals surface area contributed by atoms with E-state index in [9.17, 15) is 14.9 Å². The maximum absolute atomic E-state index is 12.2. The van der Waals surface area contributed by atoms with Crippen molar-refractivity contribution >= 4 is 40.6 Å². The molecule has 0 spiro atoms. The lowest BCUT2D eigenvalue weighted by molar-refractivity contribution is -0.384. The third-order valence-electron chi connectivity index (χ3n) is 3.82. The van der Waals surface area contributed by atoms with Crippen molar-refractivity contribution in [2.24, 2.45) is 0 Å². The Morgan fingerprint density at radius 1 is 1.25 bits per heavy atom. The highest BCUT2D eigenvalue weighted by molar-refractivity contribution is 7.99. The summed E-state index contributed by atoms with van der Waals surface area (Å²) in [5, 5.41) is 22.6. The molecule has 0 aliphatic carbocycles. The van der Waals surface area contributed by atoms with Crippen molar-refractivity contribution in [3.05, 3.63) is 63.7 Å². The maximum atomic E-state index is 12.2. The monoisotopic (exact) mass is 417 g/mol. The third kappa shape index (κ3) is 4.49. The first-order valence-electron chi connectivity index (χ1n) is 8.34. The number of benzene rings is 2. The number of nitrogens with zero attached hydrogens (tertiary/aromatic N) is 4. The number of halogens is 1. The van der Waals surface area contributed by atoms with Crippen molar-refractivity contribution in [3.8, 4) is 11.4 Å². The van der Waals surface area contributed by atoms with Crippen LogP contribution >= 0.6 is 23.4 Å². The van der Waals surface area contributed by atoms with Gasteiger partial charge in [-0.15, -0.1) is 10.2 Å². The number of nitro benzene ring substituents is 1. The van der Waals surface area contributed by atoms with Crippen LogP contribution in [-0.2, 0) is 11.3 Å². The second-order valence-electron chi connectivity index (χ2n) is 5.68. The van der Waals surface area contributed by atoms with E-state index in [1.807, 2.05) is 41.8 Å². The van der Waals surface area contributed by atoms with Crippen LogP contribution < -0.4 is 5.32 Å². The van der Waals surface area contributed by atoms with E-state index in [1.54, 1.807) is 0 Å². The fourth-order valence-corrected chi connectivity index (χ4v) is 3.53. The first kappa shape index (κ1) is 19.8. The molecule has 1 aromatic heterocycles. The molecule has 0 atom stereocenters. The van der Waals surface area contributed by atoms with Crippen LogP contribution in [0.15, 0.2) is 53.7 Å². The minimum atomic E-state index is -0.596. The zero-order valence-electron chi connectivity index (χ0n) is 14.8. The zero-order valence-corrected chi connectivity index (χ0v) is 16.4. The fraction of sp³-hybridized carbons (Fsp3) is 0.167. The van der Waals surface area contributed by atoms with Gasteiger partial charge in [-0.3, -0.25) is 14.9 Å². The summed E-state index contributed by atoms with van der Waals surface area (Å²) in [6.45, 7) is 2.64. The molecule has 28 heavy (non-hydrogen) atoms. The standard InChI is InChI=1S/C18H16ClN5O3S/c1-2-23-17(12-6-4-3-5-7-12)21-22-18(23)28-11-16(25)20-13-8-9-14(19)15(10-13)24(26)27/h3-10H,2,11H2,1H3,(H,20,25). The molecule has 0 saturated heterocycles. The number of carbonyl (C=O) groups is 1. The summed E-state index contributed by atoms with van der Waals surface area (Å²) in [4.78, 5) is 22.6. The quantitative estimate of drug-likeness (QED) is 0.350. The molecule has 0 saturated carbocycles. The molecule has 0 fully saturated rings. The van der Waals surface area contributed by atoms with Crippen molar-refractivity contribution in [1.82, 2.24) is 14.8 Å². The highest BCUT2D eigenvalue weighted by atomic mass is 35.5. The van der Waals surface area contributed by atoms with Crippen molar-refractivity contribution < 1.29 is 9.72 Å². The summed E-state index contributed by atoms with van der Waals surface area (Å²) in [5.41, 5.74) is 0.996. The molecule has 0 bridgehead atoms. The minimum absolute atomic E-state index is 0.0156. The Labute approximate surface area is 170 Å². The molecule has 0 aliphatic heterocycles. The maximum Gasteiger partial charge on any atom is 0.289 e.